The van der Waals surface area contributed by atoms with Crippen LogP contribution in [0.2, 0.25) is 0 Å². The molecular formula is C16H23ClO. The summed E-state index contributed by atoms with van der Waals surface area (Å²) in [6.07, 6.45) is 4.95. The topological polar surface area (TPSA) is 9.23 Å². The number of ether oxygens (including phenoxy) is 1. The highest BCUT2D eigenvalue weighted by molar-refractivity contribution is 6.21. The van der Waals surface area contributed by atoms with Gasteiger partial charge >= 0.3 is 0 Å². The quantitative estimate of drug-likeness (QED) is 0.708. The normalized spacial score (nSPS) is 21.2. The van der Waals surface area contributed by atoms with Gasteiger partial charge in [0.2, 0.25) is 0 Å². The highest BCUT2D eigenvalue weighted by Gasteiger charge is 2.19. The number of benzene rings is 1. The Morgan fingerprint density at radius 3 is 2.50 bits per heavy atom. The van der Waals surface area contributed by atoms with E-state index in [2.05, 4.69) is 32.9 Å². The minimum absolute atomic E-state index is 0.120. The van der Waals surface area contributed by atoms with Gasteiger partial charge in [0.15, 0.2) is 0 Å². The molecule has 1 aromatic rings. The Hall–Kier alpha value is -0.530. The smallest absolute Gasteiger partial charge is 0.0591 e. The van der Waals surface area contributed by atoms with E-state index in [0.717, 1.165) is 19.4 Å². The van der Waals surface area contributed by atoms with Gasteiger partial charge in [0.25, 0.3) is 0 Å². The summed E-state index contributed by atoms with van der Waals surface area (Å²) in [4.78, 5) is 0. The fourth-order valence-electron chi connectivity index (χ4n) is 3.03. The average molecular weight is 267 g/mol. The first kappa shape index (κ1) is 13.9. The maximum absolute atomic E-state index is 6.59. The predicted molar refractivity (Wildman–Crippen MR) is 77.5 cm³/mol. The molecule has 2 unspecified atom stereocenters. The number of halogens is 1. The van der Waals surface area contributed by atoms with Crippen LogP contribution in [0.5, 0.6) is 0 Å². The van der Waals surface area contributed by atoms with Crippen molar-refractivity contribution >= 4 is 11.6 Å². The predicted octanol–water partition coefficient (Wildman–Crippen LogP) is 4.85. The molecule has 1 heterocycles. The van der Waals surface area contributed by atoms with Crippen LogP contribution in [-0.2, 0) is 4.74 Å². The molecule has 0 bridgehead atoms. The van der Waals surface area contributed by atoms with Crippen LogP contribution in [0.15, 0.2) is 12.1 Å². The second-order valence-corrected chi connectivity index (χ2v) is 6.02. The minimum atomic E-state index is 0.120. The maximum Gasteiger partial charge on any atom is 0.0591 e. The molecule has 2 rings (SSSR count). The number of rotatable bonds is 4. The lowest BCUT2D eigenvalue weighted by molar-refractivity contribution is 0.102. The zero-order valence-corrected chi connectivity index (χ0v) is 12.4. The molecule has 1 nitrogen and oxygen atoms in total. The monoisotopic (exact) mass is 266 g/mol. The van der Waals surface area contributed by atoms with E-state index < -0.39 is 0 Å². The van der Waals surface area contributed by atoms with Gasteiger partial charge in [-0.1, -0.05) is 17.7 Å². The van der Waals surface area contributed by atoms with Crippen molar-refractivity contribution in [3.8, 4) is 0 Å². The average Bonchev–Trinajstić information content (AvgIpc) is 2.77. The van der Waals surface area contributed by atoms with Crippen molar-refractivity contribution < 1.29 is 4.74 Å². The van der Waals surface area contributed by atoms with Gasteiger partial charge < -0.3 is 4.74 Å². The van der Waals surface area contributed by atoms with Crippen LogP contribution in [0.3, 0.4) is 0 Å². The third-order valence-corrected chi connectivity index (χ3v) is 4.25. The summed E-state index contributed by atoms with van der Waals surface area (Å²) in [7, 11) is 0. The van der Waals surface area contributed by atoms with Crippen molar-refractivity contribution in [3.05, 3.63) is 34.4 Å². The van der Waals surface area contributed by atoms with Crippen LogP contribution >= 0.6 is 11.6 Å². The highest BCUT2D eigenvalue weighted by atomic mass is 35.5. The zero-order valence-electron chi connectivity index (χ0n) is 11.6. The molecule has 0 amide bonds. The van der Waals surface area contributed by atoms with E-state index in [1.54, 1.807) is 0 Å². The Labute approximate surface area is 115 Å². The molecular weight excluding hydrogens is 244 g/mol. The van der Waals surface area contributed by atoms with E-state index in [-0.39, 0.29) is 5.38 Å². The zero-order chi connectivity index (χ0) is 13.1. The first-order valence-electron chi connectivity index (χ1n) is 6.91. The second kappa shape index (κ2) is 6.08. The van der Waals surface area contributed by atoms with Gasteiger partial charge in [-0.2, -0.15) is 0 Å². The second-order valence-electron chi connectivity index (χ2n) is 5.49. The summed E-state index contributed by atoms with van der Waals surface area (Å²) in [5.74, 6) is 0. The van der Waals surface area contributed by atoms with E-state index in [1.807, 2.05) is 0 Å². The molecule has 0 radical (unpaired) electrons. The molecule has 18 heavy (non-hydrogen) atoms. The molecule has 100 valence electrons. The fourth-order valence-corrected chi connectivity index (χ4v) is 3.50. The molecule has 0 aromatic heterocycles. The molecule has 1 aliphatic rings. The van der Waals surface area contributed by atoms with E-state index in [1.165, 1.54) is 35.1 Å². The van der Waals surface area contributed by atoms with Crippen LogP contribution in [0.25, 0.3) is 0 Å². The largest absolute Gasteiger partial charge is 0.378 e. The summed E-state index contributed by atoms with van der Waals surface area (Å²) in [5.41, 5.74) is 5.27. The number of alkyl halides is 1. The molecule has 1 fully saturated rings. The highest BCUT2D eigenvalue weighted by Crippen LogP contribution is 2.33. The lowest BCUT2D eigenvalue weighted by Crippen LogP contribution is -2.07. The van der Waals surface area contributed by atoms with Crippen LogP contribution in [0, 0.1) is 20.8 Å². The van der Waals surface area contributed by atoms with Crippen LogP contribution in [-0.4, -0.2) is 12.7 Å². The molecule has 2 heteroatoms. The first-order valence-corrected chi connectivity index (χ1v) is 7.35. The summed E-state index contributed by atoms with van der Waals surface area (Å²) >= 11 is 6.59. The lowest BCUT2D eigenvalue weighted by Gasteiger charge is -2.18. The Bertz CT molecular complexity index is 385. The molecule has 0 N–H and O–H groups in total. The Kier molecular flexibility index (Phi) is 4.69. The summed E-state index contributed by atoms with van der Waals surface area (Å²) in [5, 5.41) is 0.120. The van der Waals surface area contributed by atoms with E-state index >= 15 is 0 Å². The van der Waals surface area contributed by atoms with E-state index in [9.17, 15) is 0 Å². The molecule has 0 spiro atoms. The van der Waals surface area contributed by atoms with Gasteiger partial charge in [-0.3, -0.25) is 0 Å². The van der Waals surface area contributed by atoms with Gasteiger partial charge in [0.1, 0.15) is 0 Å². The van der Waals surface area contributed by atoms with Crippen molar-refractivity contribution in [2.45, 2.75) is 57.9 Å². The van der Waals surface area contributed by atoms with Gasteiger partial charge in [0.05, 0.1) is 11.5 Å². The van der Waals surface area contributed by atoms with Crippen molar-refractivity contribution in [1.29, 1.82) is 0 Å². The fraction of sp³-hybridized carbons (Fsp3) is 0.625. The number of hydrogen-bond acceptors (Lipinski definition) is 1. The first-order chi connectivity index (χ1) is 8.58. The number of aryl methyl sites for hydroxylation is 3. The van der Waals surface area contributed by atoms with Gasteiger partial charge in [0, 0.05) is 6.61 Å². The molecule has 0 saturated carbocycles. The van der Waals surface area contributed by atoms with Crippen molar-refractivity contribution in [2.75, 3.05) is 6.61 Å². The van der Waals surface area contributed by atoms with E-state index in [4.69, 9.17) is 16.3 Å². The minimum Gasteiger partial charge on any atom is -0.378 e. The van der Waals surface area contributed by atoms with Gasteiger partial charge in [-0.15, -0.1) is 11.6 Å². The molecule has 1 aromatic carbocycles. The SMILES string of the molecule is Cc1cc(C)c(C(Cl)CCC2CCCO2)c(C)c1. The molecule has 0 aliphatic carbocycles. The number of hydrogen-bond donors (Lipinski definition) is 0. The van der Waals surface area contributed by atoms with Gasteiger partial charge in [-0.25, -0.2) is 0 Å². The molecule has 1 saturated heterocycles. The Morgan fingerprint density at radius 1 is 1.28 bits per heavy atom. The van der Waals surface area contributed by atoms with Crippen LogP contribution in [0.4, 0.5) is 0 Å². The van der Waals surface area contributed by atoms with Crippen molar-refractivity contribution in [1.82, 2.24) is 0 Å². The molecule has 1 aliphatic heterocycles. The summed E-state index contributed by atoms with van der Waals surface area (Å²) < 4.78 is 5.66. The Morgan fingerprint density at radius 2 is 1.94 bits per heavy atom. The summed E-state index contributed by atoms with van der Waals surface area (Å²) in [6, 6.07) is 4.45. The third-order valence-electron chi connectivity index (χ3n) is 3.82. The maximum atomic E-state index is 6.59. The van der Waals surface area contributed by atoms with E-state index in [0.29, 0.717) is 6.10 Å². The summed E-state index contributed by atoms with van der Waals surface area (Å²) in [6.45, 7) is 7.40. The third kappa shape index (κ3) is 3.27. The molecule has 2 atom stereocenters. The van der Waals surface area contributed by atoms with Gasteiger partial charge in [-0.05, 0) is 63.1 Å². The lowest BCUT2D eigenvalue weighted by atomic mass is 9.94. The van der Waals surface area contributed by atoms with Crippen LogP contribution < -0.4 is 0 Å². The standard InChI is InChI=1S/C16H23ClO/c1-11-9-12(2)16(13(3)10-11)15(17)7-6-14-5-4-8-18-14/h9-10,14-15H,4-8H2,1-3H3. The Balaban J connectivity index is 2.01. The van der Waals surface area contributed by atoms with Crippen molar-refractivity contribution in [3.63, 3.8) is 0 Å². The van der Waals surface area contributed by atoms with Crippen molar-refractivity contribution in [2.24, 2.45) is 0 Å². The van der Waals surface area contributed by atoms with Crippen LogP contribution in [0.1, 0.15) is 53.3 Å².